The topological polar surface area (TPSA) is 81.6 Å². The molecule has 25 heavy (non-hydrogen) atoms. The van der Waals surface area contributed by atoms with Crippen molar-refractivity contribution in [1.29, 1.82) is 0 Å². The number of hydrogen-bond acceptors (Lipinski definition) is 3. The molecular weight excluding hydrogens is 363 g/mol. The highest BCUT2D eigenvalue weighted by Gasteiger charge is 2.21. The Labute approximate surface area is 156 Å². The van der Waals surface area contributed by atoms with Gasteiger partial charge in [-0.1, -0.05) is 59.6 Å². The molecule has 2 atom stereocenters. The highest BCUT2D eigenvalue weighted by Crippen LogP contribution is 2.20. The summed E-state index contributed by atoms with van der Waals surface area (Å²) in [4.78, 5) is 11.0. The third-order valence-corrected chi connectivity index (χ3v) is 4.34. The lowest BCUT2D eigenvalue weighted by atomic mass is 10.0. The van der Waals surface area contributed by atoms with Crippen LogP contribution in [0.2, 0.25) is 10.0 Å². The third-order valence-electron chi connectivity index (χ3n) is 3.76. The minimum atomic E-state index is -1.17. The molecule has 0 unspecified atom stereocenters. The van der Waals surface area contributed by atoms with Gasteiger partial charge >= 0.3 is 6.09 Å². The lowest BCUT2D eigenvalue weighted by Gasteiger charge is -2.23. The third kappa shape index (κ3) is 6.55. The molecule has 5 nitrogen and oxygen atoms in total. The van der Waals surface area contributed by atoms with E-state index in [4.69, 9.17) is 28.3 Å². The summed E-state index contributed by atoms with van der Waals surface area (Å²) in [5.74, 6) is 0. The molecule has 0 spiro atoms. The first kappa shape index (κ1) is 19.5. The maximum Gasteiger partial charge on any atom is 0.404 e. The Bertz CT molecular complexity index is 698. The predicted octanol–water partition coefficient (Wildman–Crippen LogP) is 3.32. The van der Waals surface area contributed by atoms with E-state index < -0.39 is 18.2 Å². The van der Waals surface area contributed by atoms with Crippen molar-refractivity contribution in [1.82, 2.24) is 10.6 Å². The number of benzene rings is 2. The van der Waals surface area contributed by atoms with Crippen molar-refractivity contribution < 1.29 is 15.0 Å². The molecule has 2 aromatic carbocycles. The van der Waals surface area contributed by atoms with Gasteiger partial charge in [0.25, 0.3) is 0 Å². The summed E-state index contributed by atoms with van der Waals surface area (Å²) in [5, 5.41) is 25.9. The monoisotopic (exact) mass is 382 g/mol. The second kappa shape index (κ2) is 9.63. The predicted molar refractivity (Wildman–Crippen MR) is 99.3 cm³/mol. The molecule has 1 amide bonds. The molecule has 2 rings (SSSR count). The van der Waals surface area contributed by atoms with Gasteiger partial charge < -0.3 is 20.8 Å². The van der Waals surface area contributed by atoms with E-state index in [2.05, 4.69) is 10.6 Å². The Morgan fingerprint density at radius 2 is 1.84 bits per heavy atom. The average Bonchev–Trinajstić information content (AvgIpc) is 2.56. The highest BCUT2D eigenvalue weighted by molar-refractivity contribution is 6.35. The van der Waals surface area contributed by atoms with Crippen molar-refractivity contribution in [3.05, 3.63) is 69.7 Å². The zero-order valence-corrected chi connectivity index (χ0v) is 15.0. The maximum absolute atomic E-state index is 11.0. The van der Waals surface area contributed by atoms with E-state index >= 15 is 0 Å². The summed E-state index contributed by atoms with van der Waals surface area (Å²) in [6, 6.07) is 14.0. The smallest absolute Gasteiger partial charge is 0.404 e. The number of aliphatic hydroxyl groups excluding tert-OH is 1. The number of aliphatic hydroxyl groups is 1. The summed E-state index contributed by atoms with van der Waals surface area (Å²) >= 11 is 12.0. The first-order chi connectivity index (χ1) is 12.0. The zero-order chi connectivity index (χ0) is 18.2. The van der Waals surface area contributed by atoms with Crippen LogP contribution in [0.1, 0.15) is 11.1 Å². The fraction of sp³-hybridized carbons (Fsp3) is 0.278. The lowest BCUT2D eigenvalue weighted by molar-refractivity contribution is 0.117. The molecule has 0 radical (unpaired) electrons. The van der Waals surface area contributed by atoms with Crippen LogP contribution in [0, 0.1) is 0 Å². The van der Waals surface area contributed by atoms with Gasteiger partial charge in [-0.2, -0.15) is 0 Å². The fourth-order valence-electron chi connectivity index (χ4n) is 2.47. The van der Waals surface area contributed by atoms with Crippen molar-refractivity contribution in [2.45, 2.75) is 25.1 Å². The van der Waals surface area contributed by atoms with E-state index in [1.165, 1.54) is 0 Å². The van der Waals surface area contributed by atoms with Crippen LogP contribution >= 0.6 is 23.2 Å². The number of amides is 1. The molecule has 7 heteroatoms. The molecule has 0 aliphatic rings. The number of carbonyl (C=O) groups is 1. The van der Waals surface area contributed by atoms with Crippen molar-refractivity contribution in [2.24, 2.45) is 0 Å². The number of rotatable bonds is 8. The van der Waals surface area contributed by atoms with Gasteiger partial charge in [-0.15, -0.1) is 0 Å². The number of halogens is 2. The van der Waals surface area contributed by atoms with Crippen LogP contribution in [-0.2, 0) is 13.0 Å². The van der Waals surface area contributed by atoms with E-state index in [9.17, 15) is 9.90 Å². The zero-order valence-electron chi connectivity index (χ0n) is 13.5. The van der Waals surface area contributed by atoms with E-state index in [1.54, 1.807) is 18.2 Å². The van der Waals surface area contributed by atoms with Crippen LogP contribution in [0.3, 0.4) is 0 Å². The summed E-state index contributed by atoms with van der Waals surface area (Å²) in [6.07, 6.45) is -1.65. The van der Waals surface area contributed by atoms with Crippen molar-refractivity contribution >= 4 is 29.3 Å². The van der Waals surface area contributed by atoms with Crippen LogP contribution in [0.4, 0.5) is 4.79 Å². The van der Waals surface area contributed by atoms with E-state index in [0.717, 1.165) is 11.1 Å². The van der Waals surface area contributed by atoms with Gasteiger partial charge in [0.1, 0.15) is 0 Å². The quantitative estimate of drug-likeness (QED) is 0.564. The second-order valence-electron chi connectivity index (χ2n) is 5.68. The molecule has 4 N–H and O–H groups in total. The van der Waals surface area contributed by atoms with Gasteiger partial charge in [0, 0.05) is 23.1 Å². The van der Waals surface area contributed by atoms with Gasteiger partial charge in [0.15, 0.2) is 0 Å². The Hall–Kier alpha value is -1.79. The summed E-state index contributed by atoms with van der Waals surface area (Å²) in [5.41, 5.74) is 1.80. The van der Waals surface area contributed by atoms with Crippen LogP contribution < -0.4 is 10.6 Å². The molecule has 0 fully saturated rings. The van der Waals surface area contributed by atoms with Crippen LogP contribution in [0.5, 0.6) is 0 Å². The largest absolute Gasteiger partial charge is 0.465 e. The Balaban J connectivity index is 1.92. The summed E-state index contributed by atoms with van der Waals surface area (Å²) in [6.45, 7) is 0.662. The number of nitrogens with one attached hydrogen (secondary N) is 2. The maximum atomic E-state index is 11.0. The van der Waals surface area contributed by atoms with Crippen LogP contribution in [0.15, 0.2) is 48.5 Å². The average molecular weight is 383 g/mol. The van der Waals surface area contributed by atoms with Gasteiger partial charge in [-0.3, -0.25) is 0 Å². The first-order valence-electron chi connectivity index (χ1n) is 7.82. The van der Waals surface area contributed by atoms with E-state index in [0.29, 0.717) is 23.0 Å². The number of carboxylic acid groups (broad SMARTS) is 1. The molecule has 0 aliphatic heterocycles. The molecule has 0 saturated carbocycles. The minimum absolute atomic E-state index is 0.219. The Morgan fingerprint density at radius 3 is 2.48 bits per heavy atom. The fourth-order valence-corrected chi connectivity index (χ4v) is 2.95. The lowest BCUT2D eigenvalue weighted by Crippen LogP contribution is -2.48. The minimum Gasteiger partial charge on any atom is -0.465 e. The molecule has 134 valence electrons. The normalized spacial score (nSPS) is 13.2. The van der Waals surface area contributed by atoms with Crippen LogP contribution in [-0.4, -0.2) is 35.0 Å². The summed E-state index contributed by atoms with van der Waals surface area (Å²) in [7, 11) is 0. The molecule has 0 bridgehead atoms. The van der Waals surface area contributed by atoms with Gasteiger partial charge in [0.05, 0.1) is 12.1 Å². The molecule has 0 aliphatic carbocycles. The Morgan fingerprint density at radius 1 is 1.12 bits per heavy atom. The molecule has 0 saturated heterocycles. The molecule has 0 heterocycles. The standard InChI is InChI=1S/C18H20Cl2N2O3/c19-14-7-6-13(15(20)9-14)10-21-11-17(23)16(22-18(24)25)8-12-4-2-1-3-5-12/h1-7,9,16-17,21-23H,8,10-11H2,(H,24,25)/t16-,17+/m0/s1. The summed E-state index contributed by atoms with van der Waals surface area (Å²) < 4.78 is 0. The van der Waals surface area contributed by atoms with Crippen LogP contribution in [0.25, 0.3) is 0 Å². The van der Waals surface area contributed by atoms with E-state index in [1.807, 2.05) is 30.3 Å². The molecular formula is C18H20Cl2N2O3. The molecule has 0 aromatic heterocycles. The first-order valence-corrected chi connectivity index (χ1v) is 8.57. The highest BCUT2D eigenvalue weighted by atomic mass is 35.5. The Kier molecular flexibility index (Phi) is 7.52. The second-order valence-corrected chi connectivity index (χ2v) is 6.52. The SMILES string of the molecule is O=C(O)N[C@@H](Cc1ccccc1)[C@H](O)CNCc1ccc(Cl)cc1Cl. The molecule has 2 aromatic rings. The van der Waals surface area contributed by atoms with Crippen molar-refractivity contribution in [2.75, 3.05) is 6.54 Å². The number of hydrogen-bond donors (Lipinski definition) is 4. The van der Waals surface area contributed by atoms with Gasteiger partial charge in [0.2, 0.25) is 0 Å². The van der Waals surface area contributed by atoms with Crippen molar-refractivity contribution in [3.63, 3.8) is 0 Å². The van der Waals surface area contributed by atoms with Gasteiger partial charge in [-0.05, 0) is 29.7 Å². The van der Waals surface area contributed by atoms with Gasteiger partial charge in [-0.25, -0.2) is 4.79 Å². The van der Waals surface area contributed by atoms with E-state index in [-0.39, 0.29) is 6.54 Å². The van der Waals surface area contributed by atoms with Crippen molar-refractivity contribution in [3.8, 4) is 0 Å².